The number of hydrogen-bond donors (Lipinski definition) is 0. The fourth-order valence-corrected chi connectivity index (χ4v) is 4.96. The Morgan fingerprint density at radius 3 is 2.46 bits per heavy atom. The molecule has 1 aromatic rings. The number of nitrogens with zero attached hydrogens (tertiary/aromatic N) is 3. The van der Waals surface area contributed by atoms with Crippen LogP contribution in [0.1, 0.15) is 50.6 Å². The summed E-state index contributed by atoms with van der Waals surface area (Å²) in [5.41, 5.74) is 1.73. The molecule has 1 spiro atoms. The van der Waals surface area contributed by atoms with Crippen LogP contribution < -0.4 is 0 Å². The second-order valence-electron chi connectivity index (χ2n) is 8.51. The normalized spacial score (nSPS) is 23.6. The number of amides is 1. The van der Waals surface area contributed by atoms with Crippen LogP contribution >= 0.6 is 0 Å². The van der Waals surface area contributed by atoms with Gasteiger partial charge in [-0.25, -0.2) is 0 Å². The van der Waals surface area contributed by atoms with Gasteiger partial charge in [0.15, 0.2) is 0 Å². The zero-order valence-electron chi connectivity index (χ0n) is 15.8. The van der Waals surface area contributed by atoms with Crippen molar-refractivity contribution in [3.05, 3.63) is 42.2 Å². The van der Waals surface area contributed by atoms with Crippen molar-refractivity contribution in [2.75, 3.05) is 26.2 Å². The molecule has 0 unspecified atom stereocenters. The predicted octanol–water partition coefficient (Wildman–Crippen LogP) is 3.64. The van der Waals surface area contributed by atoms with Crippen molar-refractivity contribution in [2.24, 2.45) is 11.3 Å². The lowest BCUT2D eigenvalue weighted by molar-refractivity contribution is -0.131. The van der Waals surface area contributed by atoms with E-state index in [0.29, 0.717) is 17.2 Å². The first-order chi connectivity index (χ1) is 12.7. The van der Waals surface area contributed by atoms with Crippen LogP contribution in [0.5, 0.6) is 0 Å². The molecule has 26 heavy (non-hydrogen) atoms. The molecular formula is C22H31N3O. The molecule has 0 aromatic carbocycles. The number of carbonyl (C=O) groups is 1. The lowest BCUT2D eigenvalue weighted by Crippen LogP contribution is -2.42. The summed E-state index contributed by atoms with van der Waals surface area (Å²) in [6, 6.07) is 6.19. The van der Waals surface area contributed by atoms with E-state index in [2.05, 4.69) is 34.2 Å². The van der Waals surface area contributed by atoms with E-state index in [4.69, 9.17) is 0 Å². The number of aromatic nitrogens is 1. The summed E-state index contributed by atoms with van der Waals surface area (Å²) >= 11 is 0. The van der Waals surface area contributed by atoms with Gasteiger partial charge in [-0.3, -0.25) is 14.7 Å². The molecular weight excluding hydrogens is 322 g/mol. The molecule has 3 heterocycles. The Labute approximate surface area is 157 Å². The van der Waals surface area contributed by atoms with Crippen molar-refractivity contribution in [2.45, 2.75) is 51.5 Å². The van der Waals surface area contributed by atoms with E-state index < -0.39 is 0 Å². The van der Waals surface area contributed by atoms with Gasteiger partial charge in [-0.2, -0.15) is 0 Å². The van der Waals surface area contributed by atoms with Gasteiger partial charge in [0.1, 0.15) is 0 Å². The van der Waals surface area contributed by atoms with Crippen LogP contribution in [0.4, 0.5) is 0 Å². The van der Waals surface area contributed by atoms with Crippen LogP contribution in [0.25, 0.3) is 0 Å². The minimum Gasteiger partial charge on any atom is -0.335 e. The van der Waals surface area contributed by atoms with Gasteiger partial charge in [0.25, 0.3) is 0 Å². The summed E-state index contributed by atoms with van der Waals surface area (Å²) in [6.45, 7) is 5.01. The molecule has 1 aliphatic carbocycles. The Balaban J connectivity index is 1.21. The minimum atomic E-state index is 0.362. The van der Waals surface area contributed by atoms with E-state index in [1.165, 1.54) is 57.3 Å². The van der Waals surface area contributed by atoms with Gasteiger partial charge in [-0.15, -0.1) is 0 Å². The van der Waals surface area contributed by atoms with Crippen LogP contribution in [0.2, 0.25) is 0 Å². The largest absolute Gasteiger partial charge is 0.335 e. The Morgan fingerprint density at radius 2 is 1.81 bits per heavy atom. The first-order valence-electron chi connectivity index (χ1n) is 10.3. The highest BCUT2D eigenvalue weighted by atomic mass is 16.2. The third-order valence-corrected chi connectivity index (χ3v) is 6.83. The molecule has 3 aliphatic rings. The van der Waals surface area contributed by atoms with Gasteiger partial charge in [0.05, 0.1) is 5.69 Å². The van der Waals surface area contributed by atoms with Gasteiger partial charge in [-0.05, 0) is 75.1 Å². The summed E-state index contributed by atoms with van der Waals surface area (Å²) in [5, 5.41) is 0. The molecule has 0 radical (unpaired) electrons. The van der Waals surface area contributed by atoms with E-state index in [0.717, 1.165) is 26.1 Å². The van der Waals surface area contributed by atoms with E-state index >= 15 is 0 Å². The summed E-state index contributed by atoms with van der Waals surface area (Å²) in [6.07, 6.45) is 14.6. The highest BCUT2D eigenvalue weighted by molar-refractivity contribution is 5.77. The predicted molar refractivity (Wildman–Crippen MR) is 103 cm³/mol. The third kappa shape index (κ3) is 4.17. The SMILES string of the molecule is O=C(CC1CCC2(CC1)CCN(Cc1ccccn1)CC2)N1CC=CC1. The quantitative estimate of drug-likeness (QED) is 0.776. The number of carbonyl (C=O) groups excluding carboxylic acids is 1. The second-order valence-corrected chi connectivity index (χ2v) is 8.51. The molecule has 0 atom stereocenters. The van der Waals surface area contributed by atoms with Crippen LogP contribution in [0.15, 0.2) is 36.5 Å². The van der Waals surface area contributed by atoms with Crippen molar-refractivity contribution in [1.82, 2.24) is 14.8 Å². The maximum absolute atomic E-state index is 12.4. The smallest absolute Gasteiger partial charge is 0.223 e. The molecule has 2 aliphatic heterocycles. The van der Waals surface area contributed by atoms with Crippen molar-refractivity contribution in [1.29, 1.82) is 0 Å². The molecule has 0 N–H and O–H groups in total. The van der Waals surface area contributed by atoms with E-state index in [1.807, 2.05) is 17.2 Å². The van der Waals surface area contributed by atoms with E-state index in [9.17, 15) is 4.79 Å². The van der Waals surface area contributed by atoms with Gasteiger partial charge < -0.3 is 4.90 Å². The fourth-order valence-electron chi connectivity index (χ4n) is 4.96. The number of pyridine rings is 1. The molecule has 4 rings (SSSR count). The first kappa shape index (κ1) is 17.7. The monoisotopic (exact) mass is 353 g/mol. The number of rotatable bonds is 4. The average Bonchev–Trinajstić information content (AvgIpc) is 3.22. The zero-order valence-corrected chi connectivity index (χ0v) is 15.8. The molecule has 1 aromatic heterocycles. The number of piperidine rings is 1. The third-order valence-electron chi connectivity index (χ3n) is 6.83. The second kappa shape index (κ2) is 7.91. The minimum absolute atomic E-state index is 0.362. The number of likely N-dealkylation sites (tertiary alicyclic amines) is 1. The molecule has 0 bridgehead atoms. The van der Waals surface area contributed by atoms with Crippen LogP contribution in [-0.2, 0) is 11.3 Å². The van der Waals surface area contributed by atoms with Crippen LogP contribution in [0, 0.1) is 11.3 Å². The average molecular weight is 354 g/mol. The molecule has 140 valence electrons. The maximum atomic E-state index is 12.4. The Kier molecular flexibility index (Phi) is 5.39. The zero-order chi connectivity index (χ0) is 17.8. The fraction of sp³-hybridized carbons (Fsp3) is 0.636. The summed E-state index contributed by atoms with van der Waals surface area (Å²) in [7, 11) is 0. The summed E-state index contributed by atoms with van der Waals surface area (Å²) in [5.74, 6) is 0.974. The lowest BCUT2D eigenvalue weighted by atomic mass is 9.65. The van der Waals surface area contributed by atoms with Crippen LogP contribution in [-0.4, -0.2) is 46.9 Å². The lowest BCUT2D eigenvalue weighted by Gasteiger charge is -2.46. The first-order valence-corrected chi connectivity index (χ1v) is 10.3. The maximum Gasteiger partial charge on any atom is 0.223 e. The molecule has 1 amide bonds. The number of hydrogen-bond acceptors (Lipinski definition) is 3. The highest BCUT2D eigenvalue weighted by Gasteiger charge is 2.38. The van der Waals surface area contributed by atoms with E-state index in [-0.39, 0.29) is 0 Å². The van der Waals surface area contributed by atoms with Crippen molar-refractivity contribution in [3.63, 3.8) is 0 Å². The van der Waals surface area contributed by atoms with Crippen molar-refractivity contribution >= 4 is 5.91 Å². The van der Waals surface area contributed by atoms with Gasteiger partial charge in [0.2, 0.25) is 5.91 Å². The van der Waals surface area contributed by atoms with Crippen molar-refractivity contribution < 1.29 is 4.79 Å². The van der Waals surface area contributed by atoms with Gasteiger partial charge in [-0.1, -0.05) is 18.2 Å². The Hall–Kier alpha value is -1.68. The van der Waals surface area contributed by atoms with Crippen LogP contribution in [0.3, 0.4) is 0 Å². The highest BCUT2D eigenvalue weighted by Crippen LogP contribution is 2.47. The Morgan fingerprint density at radius 1 is 1.08 bits per heavy atom. The van der Waals surface area contributed by atoms with Gasteiger partial charge >= 0.3 is 0 Å². The molecule has 4 nitrogen and oxygen atoms in total. The molecule has 1 saturated heterocycles. The summed E-state index contributed by atoms with van der Waals surface area (Å²) < 4.78 is 0. The summed E-state index contributed by atoms with van der Waals surface area (Å²) in [4.78, 5) is 21.4. The topological polar surface area (TPSA) is 36.4 Å². The van der Waals surface area contributed by atoms with Crippen molar-refractivity contribution in [3.8, 4) is 0 Å². The molecule has 4 heteroatoms. The van der Waals surface area contributed by atoms with Gasteiger partial charge in [0, 0.05) is 32.3 Å². The Bertz CT molecular complexity index is 616. The van der Waals surface area contributed by atoms with E-state index in [1.54, 1.807) is 0 Å². The standard InChI is InChI=1S/C22H31N3O/c26-21(25-13-3-4-14-25)17-19-6-8-22(9-7-19)10-15-24(16-11-22)18-20-5-1-2-12-23-20/h1-5,12,19H,6-11,13-18H2. The molecule has 2 fully saturated rings. The molecule has 1 saturated carbocycles.